The van der Waals surface area contributed by atoms with Crippen LogP contribution in [0.3, 0.4) is 0 Å². The van der Waals surface area contributed by atoms with Crippen LogP contribution in [-0.2, 0) is 0 Å². The lowest BCUT2D eigenvalue weighted by Crippen LogP contribution is -2.48. The molecule has 0 spiro atoms. The van der Waals surface area contributed by atoms with Crippen molar-refractivity contribution in [3.8, 4) is 0 Å². The summed E-state index contributed by atoms with van der Waals surface area (Å²) in [6.07, 6.45) is 4.16. The van der Waals surface area contributed by atoms with Crippen molar-refractivity contribution in [2.45, 2.75) is 25.3 Å². The fourth-order valence-electron chi connectivity index (χ4n) is 3.42. The molecule has 0 unspecified atom stereocenters. The van der Waals surface area contributed by atoms with Gasteiger partial charge in [0.1, 0.15) is 0 Å². The highest BCUT2D eigenvalue weighted by Gasteiger charge is 2.33. The molecule has 0 bridgehead atoms. The van der Waals surface area contributed by atoms with E-state index in [1.807, 2.05) is 0 Å². The third-order valence-corrected chi connectivity index (χ3v) is 5.34. The van der Waals surface area contributed by atoms with Crippen LogP contribution >= 0.6 is 22.6 Å². The van der Waals surface area contributed by atoms with E-state index in [2.05, 4.69) is 88.2 Å². The van der Waals surface area contributed by atoms with E-state index < -0.39 is 0 Å². The summed E-state index contributed by atoms with van der Waals surface area (Å²) in [6, 6.07) is 22.3. The summed E-state index contributed by atoms with van der Waals surface area (Å²) < 4.78 is 1.30. The van der Waals surface area contributed by atoms with Crippen molar-refractivity contribution in [3.05, 3.63) is 71.8 Å². The number of halogens is 1. The van der Waals surface area contributed by atoms with Gasteiger partial charge in [-0.1, -0.05) is 89.7 Å². The van der Waals surface area contributed by atoms with Gasteiger partial charge in [0.15, 0.2) is 0 Å². The first-order chi connectivity index (χ1) is 10.9. The van der Waals surface area contributed by atoms with E-state index in [4.69, 9.17) is 0 Å². The van der Waals surface area contributed by atoms with Gasteiger partial charge in [-0.25, -0.2) is 0 Å². The van der Waals surface area contributed by atoms with E-state index in [9.17, 15) is 0 Å². The van der Waals surface area contributed by atoms with Crippen molar-refractivity contribution in [1.29, 1.82) is 0 Å². The smallest absolute Gasteiger partial charge is 0.0602 e. The molecule has 0 atom stereocenters. The molecule has 3 rings (SSSR count). The van der Waals surface area contributed by atoms with Gasteiger partial charge in [-0.2, -0.15) is 0 Å². The Kier molecular flexibility index (Phi) is 5.90. The lowest BCUT2D eigenvalue weighted by molar-refractivity contribution is 0.0622. The number of alkyl halides is 1. The summed E-state index contributed by atoms with van der Waals surface area (Å²) in [4.78, 5) is 2.64. The fourth-order valence-corrected chi connectivity index (χ4v) is 3.95. The Morgan fingerprint density at radius 2 is 1.41 bits per heavy atom. The molecule has 0 aliphatic carbocycles. The van der Waals surface area contributed by atoms with E-state index in [1.165, 1.54) is 47.9 Å². The molecule has 0 saturated carbocycles. The second-order valence-corrected chi connectivity index (χ2v) is 7.31. The highest BCUT2D eigenvalue weighted by molar-refractivity contribution is 14.1. The summed E-state index contributed by atoms with van der Waals surface area (Å²) in [6.45, 7) is 2.49. The van der Waals surface area contributed by atoms with Crippen molar-refractivity contribution >= 4 is 22.6 Å². The van der Waals surface area contributed by atoms with Crippen LogP contribution in [0.1, 0.15) is 36.4 Å². The number of unbranched alkanes of at least 4 members (excludes halogenated alkanes) is 1. The Hall–Kier alpha value is -0.870. The predicted octanol–water partition coefficient (Wildman–Crippen LogP) is 5.31. The summed E-state index contributed by atoms with van der Waals surface area (Å²) >= 11 is 2.48. The quantitative estimate of drug-likeness (QED) is 0.343. The van der Waals surface area contributed by atoms with Crippen LogP contribution in [-0.4, -0.2) is 22.4 Å². The van der Waals surface area contributed by atoms with Crippen LogP contribution in [0.4, 0.5) is 0 Å². The third-order valence-electron chi connectivity index (χ3n) is 4.58. The number of hydrogen-bond donors (Lipinski definition) is 0. The first-order valence-corrected chi connectivity index (χ1v) is 9.81. The van der Waals surface area contributed by atoms with Gasteiger partial charge in [0.2, 0.25) is 0 Å². The summed E-state index contributed by atoms with van der Waals surface area (Å²) in [7, 11) is 0. The zero-order valence-electron chi connectivity index (χ0n) is 13.0. The van der Waals surface area contributed by atoms with Crippen LogP contribution in [0, 0.1) is 5.92 Å². The average molecular weight is 405 g/mol. The minimum absolute atomic E-state index is 0.420. The van der Waals surface area contributed by atoms with E-state index in [0.29, 0.717) is 6.04 Å². The number of likely N-dealkylation sites (tertiary alicyclic amines) is 1. The molecule has 116 valence electrons. The molecule has 1 aliphatic rings. The lowest BCUT2D eigenvalue weighted by Gasteiger charge is -2.45. The van der Waals surface area contributed by atoms with Gasteiger partial charge in [0.05, 0.1) is 6.04 Å². The Morgan fingerprint density at radius 1 is 0.864 bits per heavy atom. The van der Waals surface area contributed by atoms with Crippen LogP contribution in [0.15, 0.2) is 60.7 Å². The number of hydrogen-bond acceptors (Lipinski definition) is 1. The summed E-state index contributed by atoms with van der Waals surface area (Å²) in [5, 5.41) is 0. The predicted molar refractivity (Wildman–Crippen MR) is 103 cm³/mol. The molecule has 0 amide bonds. The molecular formula is C20H24IN. The van der Waals surface area contributed by atoms with Gasteiger partial charge in [0.25, 0.3) is 0 Å². The highest BCUT2D eigenvalue weighted by atomic mass is 127. The molecule has 0 radical (unpaired) electrons. The highest BCUT2D eigenvalue weighted by Crippen LogP contribution is 2.35. The number of nitrogens with zero attached hydrogens (tertiary/aromatic N) is 1. The van der Waals surface area contributed by atoms with E-state index in [-0.39, 0.29) is 0 Å². The fraction of sp³-hybridized carbons (Fsp3) is 0.400. The maximum absolute atomic E-state index is 2.64. The monoisotopic (exact) mass is 405 g/mol. The molecule has 0 aromatic heterocycles. The second kappa shape index (κ2) is 8.11. The molecular weight excluding hydrogens is 381 g/mol. The molecule has 2 heteroatoms. The maximum Gasteiger partial charge on any atom is 0.0602 e. The van der Waals surface area contributed by atoms with Gasteiger partial charge >= 0.3 is 0 Å². The molecule has 1 heterocycles. The Bertz CT molecular complexity index is 509. The minimum Gasteiger partial charge on any atom is -0.292 e. The van der Waals surface area contributed by atoms with Gasteiger partial charge in [-0.15, -0.1) is 0 Å². The largest absolute Gasteiger partial charge is 0.292 e. The maximum atomic E-state index is 2.64. The van der Waals surface area contributed by atoms with Crippen molar-refractivity contribution in [1.82, 2.24) is 4.90 Å². The lowest BCUT2D eigenvalue weighted by atomic mass is 9.88. The van der Waals surface area contributed by atoms with Gasteiger partial charge in [0, 0.05) is 13.1 Å². The van der Waals surface area contributed by atoms with Crippen LogP contribution in [0.25, 0.3) is 0 Å². The van der Waals surface area contributed by atoms with E-state index in [0.717, 1.165) is 5.92 Å². The zero-order valence-corrected chi connectivity index (χ0v) is 15.2. The number of rotatable bonds is 7. The second-order valence-electron chi connectivity index (χ2n) is 6.23. The van der Waals surface area contributed by atoms with Crippen molar-refractivity contribution in [2.75, 3.05) is 17.5 Å². The van der Waals surface area contributed by atoms with Gasteiger partial charge in [-0.3, -0.25) is 4.90 Å². The minimum atomic E-state index is 0.420. The standard InChI is InChI=1S/C20H24IN/c21-14-8-7-9-17-15-22(16-17)20(18-10-3-1-4-11-18)19-12-5-2-6-13-19/h1-6,10-13,17,20H,7-9,14-16H2. The van der Waals surface area contributed by atoms with E-state index in [1.54, 1.807) is 0 Å². The molecule has 22 heavy (non-hydrogen) atoms. The van der Waals surface area contributed by atoms with E-state index >= 15 is 0 Å². The van der Waals surface area contributed by atoms with Crippen molar-refractivity contribution in [3.63, 3.8) is 0 Å². The summed E-state index contributed by atoms with van der Waals surface area (Å²) in [5.41, 5.74) is 2.83. The Labute approximate surface area is 147 Å². The zero-order chi connectivity index (χ0) is 15.2. The topological polar surface area (TPSA) is 3.24 Å². The first kappa shape index (κ1) is 16.0. The molecule has 1 nitrogen and oxygen atoms in total. The Morgan fingerprint density at radius 3 is 1.91 bits per heavy atom. The third kappa shape index (κ3) is 3.90. The average Bonchev–Trinajstić information content (AvgIpc) is 2.54. The normalized spacial score (nSPS) is 15.9. The molecule has 1 aliphatic heterocycles. The molecule has 2 aromatic carbocycles. The van der Waals surface area contributed by atoms with Gasteiger partial charge in [-0.05, 0) is 34.3 Å². The van der Waals surface area contributed by atoms with Crippen LogP contribution < -0.4 is 0 Å². The molecule has 0 N–H and O–H groups in total. The Balaban J connectivity index is 1.69. The molecule has 1 saturated heterocycles. The molecule has 1 fully saturated rings. The molecule has 2 aromatic rings. The summed E-state index contributed by atoms with van der Waals surface area (Å²) in [5.74, 6) is 0.901. The van der Waals surface area contributed by atoms with Crippen LogP contribution in [0.5, 0.6) is 0 Å². The number of benzene rings is 2. The SMILES string of the molecule is ICCCCC1CN(C(c2ccccc2)c2ccccc2)C1. The van der Waals surface area contributed by atoms with Crippen LogP contribution in [0.2, 0.25) is 0 Å². The van der Waals surface area contributed by atoms with Crippen molar-refractivity contribution in [2.24, 2.45) is 5.92 Å². The first-order valence-electron chi connectivity index (χ1n) is 8.28. The van der Waals surface area contributed by atoms with Crippen molar-refractivity contribution < 1.29 is 0 Å². The van der Waals surface area contributed by atoms with Gasteiger partial charge < -0.3 is 0 Å².